The number of anilines is 1. The van der Waals surface area contributed by atoms with E-state index in [1.54, 1.807) is 12.4 Å². The zero-order chi connectivity index (χ0) is 20.9. The third-order valence-corrected chi connectivity index (χ3v) is 7.74. The van der Waals surface area contributed by atoms with Gasteiger partial charge in [-0.25, -0.2) is 23.2 Å². The van der Waals surface area contributed by atoms with E-state index in [2.05, 4.69) is 19.9 Å². The number of nitrogens with one attached hydrogen (secondary N) is 1. The van der Waals surface area contributed by atoms with Gasteiger partial charge in [-0.15, -0.1) is 0 Å². The van der Waals surface area contributed by atoms with E-state index in [1.807, 2.05) is 13.0 Å². The lowest BCUT2D eigenvalue weighted by molar-refractivity contribution is 0.308. The Labute approximate surface area is 173 Å². The lowest BCUT2D eigenvalue weighted by atomic mass is 10.0. The molecule has 3 heterocycles. The molecule has 1 aliphatic heterocycles. The number of oxazole rings is 1. The fourth-order valence-corrected chi connectivity index (χ4v) is 5.69. The average molecular weight is 430 g/mol. The van der Waals surface area contributed by atoms with Crippen LogP contribution >= 0.6 is 0 Å². The van der Waals surface area contributed by atoms with Crippen molar-refractivity contribution in [3.63, 3.8) is 0 Å². The Morgan fingerprint density at radius 2 is 1.83 bits per heavy atom. The molecule has 0 radical (unpaired) electrons. The molecule has 2 fully saturated rings. The van der Waals surface area contributed by atoms with Crippen molar-refractivity contribution in [2.24, 2.45) is 0 Å². The molecular weight excluding hydrogens is 406 g/mol. The highest BCUT2D eigenvalue weighted by Gasteiger charge is 2.38. The Morgan fingerprint density at radius 3 is 2.53 bits per heavy atom. The number of aryl methyl sites for hydroxylation is 1. The Hall–Kier alpha value is -2.72. The Bertz CT molecular complexity index is 1240. The first-order chi connectivity index (χ1) is 14.4. The van der Waals surface area contributed by atoms with Crippen LogP contribution in [0.4, 0.5) is 5.82 Å². The summed E-state index contributed by atoms with van der Waals surface area (Å²) in [6.45, 7) is 2.83. The molecule has 2 aromatic heterocycles. The van der Waals surface area contributed by atoms with E-state index in [-0.39, 0.29) is 16.5 Å². The second-order valence-electron chi connectivity index (χ2n) is 7.96. The predicted octanol–water partition coefficient (Wildman–Crippen LogP) is 2.04. The van der Waals surface area contributed by atoms with E-state index in [1.165, 1.54) is 16.4 Å². The molecule has 5 rings (SSSR count). The summed E-state index contributed by atoms with van der Waals surface area (Å²) < 4.78 is 32.8. The number of fused-ring (bicyclic) bond motifs is 1. The second-order valence-corrected chi connectivity index (χ2v) is 9.90. The molecular formula is C20H23N5O4S. The minimum atomic E-state index is -3.66. The molecule has 0 spiro atoms. The fraction of sp³-hybridized carbons (Fsp3) is 0.450. The van der Waals surface area contributed by atoms with Crippen LogP contribution < -0.4 is 10.7 Å². The van der Waals surface area contributed by atoms with Crippen LogP contribution in [0.3, 0.4) is 0 Å². The van der Waals surface area contributed by atoms with Crippen molar-refractivity contribution in [3.8, 4) is 0 Å². The van der Waals surface area contributed by atoms with Gasteiger partial charge < -0.3 is 9.32 Å². The molecule has 1 saturated heterocycles. The maximum absolute atomic E-state index is 13.1. The highest BCUT2D eigenvalue weighted by molar-refractivity contribution is 7.89. The Balaban J connectivity index is 1.34. The number of piperidine rings is 1. The maximum Gasteiger partial charge on any atom is 0.417 e. The first-order valence-electron chi connectivity index (χ1n) is 10.1. The molecule has 1 saturated carbocycles. The zero-order valence-electron chi connectivity index (χ0n) is 16.6. The zero-order valence-corrected chi connectivity index (χ0v) is 17.4. The number of rotatable bonds is 5. The molecule has 3 aromatic rings. The highest BCUT2D eigenvalue weighted by Crippen LogP contribution is 2.36. The minimum Gasteiger partial charge on any atom is -0.408 e. The minimum absolute atomic E-state index is 0.140. The van der Waals surface area contributed by atoms with Crippen LogP contribution in [0.15, 0.2) is 44.7 Å². The average Bonchev–Trinajstić information content (AvgIpc) is 3.48. The van der Waals surface area contributed by atoms with Gasteiger partial charge in [0.15, 0.2) is 5.58 Å². The maximum atomic E-state index is 13.1. The van der Waals surface area contributed by atoms with Crippen LogP contribution in [0.25, 0.3) is 11.1 Å². The number of nitrogens with zero attached hydrogens (tertiary/aromatic N) is 4. The summed E-state index contributed by atoms with van der Waals surface area (Å²) in [6.07, 6.45) is 5.35. The highest BCUT2D eigenvalue weighted by atomic mass is 32.2. The summed E-state index contributed by atoms with van der Waals surface area (Å²) in [6, 6.07) is 7.22. The van der Waals surface area contributed by atoms with Gasteiger partial charge in [0, 0.05) is 43.0 Å². The molecule has 1 N–H and O–H groups in total. The van der Waals surface area contributed by atoms with Gasteiger partial charge in [-0.05, 0) is 44.7 Å². The van der Waals surface area contributed by atoms with Crippen molar-refractivity contribution in [2.75, 3.05) is 18.0 Å². The predicted molar refractivity (Wildman–Crippen MR) is 111 cm³/mol. The van der Waals surface area contributed by atoms with Crippen LogP contribution in [0, 0.1) is 6.92 Å². The SMILES string of the molecule is Cc1cc(N(C2CC2)C2CCN(S(=O)(=O)c3ccc4[nH]c(=O)oc4c3)CC2)ncn1. The number of sulfonamides is 1. The van der Waals surface area contributed by atoms with Gasteiger partial charge in [-0.1, -0.05) is 0 Å². The van der Waals surface area contributed by atoms with E-state index in [0.717, 1.165) is 37.2 Å². The summed E-state index contributed by atoms with van der Waals surface area (Å²) in [7, 11) is -3.66. The quantitative estimate of drug-likeness (QED) is 0.660. The number of hydrogen-bond acceptors (Lipinski definition) is 7. The van der Waals surface area contributed by atoms with Gasteiger partial charge in [-0.3, -0.25) is 4.98 Å². The van der Waals surface area contributed by atoms with Gasteiger partial charge >= 0.3 is 5.76 Å². The molecule has 1 aromatic carbocycles. The first-order valence-corrected chi connectivity index (χ1v) is 11.6. The summed E-state index contributed by atoms with van der Waals surface area (Å²) in [5, 5.41) is 0. The lowest BCUT2D eigenvalue weighted by Crippen LogP contribution is -2.48. The number of aromatic amines is 1. The van der Waals surface area contributed by atoms with Gasteiger partial charge in [0.2, 0.25) is 10.0 Å². The van der Waals surface area contributed by atoms with Crippen LogP contribution in [0.1, 0.15) is 31.4 Å². The fourth-order valence-electron chi connectivity index (χ4n) is 4.20. The second kappa shape index (κ2) is 7.21. The molecule has 30 heavy (non-hydrogen) atoms. The molecule has 0 bridgehead atoms. The standard InChI is InChI=1S/C20H23N5O4S/c1-13-10-19(22-12-21-13)25(14-2-3-14)15-6-8-24(9-7-15)30(27,28)16-4-5-17-18(11-16)29-20(26)23-17/h4-5,10-12,14-15H,2-3,6-9H2,1H3,(H,23,26). The van der Waals surface area contributed by atoms with Crippen molar-refractivity contribution in [1.29, 1.82) is 0 Å². The molecule has 9 nitrogen and oxygen atoms in total. The number of H-pyrrole nitrogens is 1. The van der Waals surface area contributed by atoms with E-state index in [0.29, 0.717) is 24.6 Å². The Kier molecular flexibility index (Phi) is 4.62. The molecule has 2 aliphatic rings. The van der Waals surface area contributed by atoms with Gasteiger partial charge in [0.05, 0.1) is 10.4 Å². The summed E-state index contributed by atoms with van der Waals surface area (Å²) in [4.78, 5) is 25.0. The van der Waals surface area contributed by atoms with Gasteiger partial charge in [-0.2, -0.15) is 4.31 Å². The number of aromatic nitrogens is 3. The molecule has 0 amide bonds. The van der Waals surface area contributed by atoms with Crippen LogP contribution in [-0.2, 0) is 10.0 Å². The largest absolute Gasteiger partial charge is 0.417 e. The van der Waals surface area contributed by atoms with Gasteiger partial charge in [0.25, 0.3) is 0 Å². The van der Waals surface area contributed by atoms with Crippen molar-refractivity contribution in [2.45, 2.75) is 49.6 Å². The van der Waals surface area contributed by atoms with E-state index in [9.17, 15) is 13.2 Å². The first kappa shape index (κ1) is 19.3. The Morgan fingerprint density at radius 1 is 1.10 bits per heavy atom. The summed E-state index contributed by atoms with van der Waals surface area (Å²) in [5.74, 6) is 0.333. The van der Waals surface area contributed by atoms with Gasteiger partial charge in [0.1, 0.15) is 12.1 Å². The molecule has 0 unspecified atom stereocenters. The summed E-state index contributed by atoms with van der Waals surface area (Å²) in [5.41, 5.74) is 1.66. The molecule has 0 atom stereocenters. The van der Waals surface area contributed by atoms with Crippen molar-refractivity contribution in [3.05, 3.63) is 46.8 Å². The monoisotopic (exact) mass is 429 g/mol. The lowest BCUT2D eigenvalue weighted by Gasteiger charge is -2.39. The van der Waals surface area contributed by atoms with E-state index < -0.39 is 15.8 Å². The number of hydrogen-bond donors (Lipinski definition) is 1. The number of benzene rings is 1. The van der Waals surface area contributed by atoms with E-state index in [4.69, 9.17) is 4.42 Å². The van der Waals surface area contributed by atoms with Crippen LogP contribution in [0.2, 0.25) is 0 Å². The third kappa shape index (κ3) is 3.50. The third-order valence-electron chi connectivity index (χ3n) is 5.84. The topological polar surface area (TPSA) is 112 Å². The van der Waals surface area contributed by atoms with Crippen LogP contribution in [-0.4, -0.2) is 52.8 Å². The van der Waals surface area contributed by atoms with Crippen LogP contribution in [0.5, 0.6) is 0 Å². The normalized spacial score (nSPS) is 18.7. The molecule has 158 valence electrons. The van der Waals surface area contributed by atoms with Crippen molar-refractivity contribution in [1.82, 2.24) is 19.3 Å². The van der Waals surface area contributed by atoms with E-state index >= 15 is 0 Å². The van der Waals surface area contributed by atoms with Crippen molar-refractivity contribution < 1.29 is 12.8 Å². The smallest absolute Gasteiger partial charge is 0.408 e. The molecule has 1 aliphatic carbocycles. The van der Waals surface area contributed by atoms with Crippen molar-refractivity contribution >= 4 is 26.9 Å². The molecule has 10 heteroatoms. The summed E-state index contributed by atoms with van der Waals surface area (Å²) >= 11 is 0.